The zero-order chi connectivity index (χ0) is 5.70. The van der Waals surface area contributed by atoms with Gasteiger partial charge in [-0.2, -0.15) is 0 Å². The summed E-state index contributed by atoms with van der Waals surface area (Å²) in [6.07, 6.45) is 0. The summed E-state index contributed by atoms with van der Waals surface area (Å²) < 4.78 is 5.76. The molecule has 0 N–H and O–H groups in total. The van der Waals surface area contributed by atoms with Crippen molar-refractivity contribution in [3.05, 3.63) is 9.47 Å². The van der Waals surface area contributed by atoms with Crippen molar-refractivity contribution in [3.63, 3.8) is 0 Å². The molecule has 0 unspecified atom stereocenters. The highest BCUT2D eigenvalue weighted by Gasteiger charge is 1.83. The number of methoxy groups -OCH3 is 1. The standard InChI is InChI=1S/C4H6Br2O/c1-7-3-4(6)2-5/h2H,3H2,1H3/b4-2+. The quantitative estimate of drug-likeness (QED) is 0.706. The fourth-order valence-electron chi connectivity index (χ4n) is 0.169. The van der Waals surface area contributed by atoms with Crippen LogP contribution in [-0.2, 0) is 4.74 Å². The van der Waals surface area contributed by atoms with E-state index in [0.29, 0.717) is 6.61 Å². The minimum Gasteiger partial charge on any atom is -0.379 e. The van der Waals surface area contributed by atoms with Gasteiger partial charge >= 0.3 is 0 Å². The average Bonchev–Trinajstić information content (AvgIpc) is 1.68. The van der Waals surface area contributed by atoms with E-state index in [4.69, 9.17) is 4.74 Å². The molecule has 0 aromatic heterocycles. The smallest absolute Gasteiger partial charge is 0.0783 e. The monoisotopic (exact) mass is 228 g/mol. The van der Waals surface area contributed by atoms with Crippen LogP contribution in [0.5, 0.6) is 0 Å². The maximum atomic E-state index is 4.75. The van der Waals surface area contributed by atoms with Crippen LogP contribution < -0.4 is 0 Å². The van der Waals surface area contributed by atoms with Crippen LogP contribution in [0.3, 0.4) is 0 Å². The highest BCUT2D eigenvalue weighted by Crippen LogP contribution is 2.06. The Balaban J connectivity index is 3.17. The summed E-state index contributed by atoms with van der Waals surface area (Å²) in [5.74, 6) is 0. The lowest BCUT2D eigenvalue weighted by molar-refractivity contribution is 0.232. The van der Waals surface area contributed by atoms with Gasteiger partial charge in [0.1, 0.15) is 0 Å². The molecule has 0 bridgehead atoms. The maximum absolute atomic E-state index is 4.75. The molecule has 0 spiro atoms. The molecule has 0 amide bonds. The van der Waals surface area contributed by atoms with Crippen molar-refractivity contribution in [1.82, 2.24) is 0 Å². The van der Waals surface area contributed by atoms with Crippen LogP contribution in [0.25, 0.3) is 0 Å². The number of rotatable bonds is 2. The molecule has 0 radical (unpaired) electrons. The second kappa shape index (κ2) is 4.81. The maximum Gasteiger partial charge on any atom is 0.0783 e. The van der Waals surface area contributed by atoms with Crippen LogP contribution >= 0.6 is 31.9 Å². The Hall–Kier alpha value is 0.660. The van der Waals surface area contributed by atoms with Gasteiger partial charge < -0.3 is 4.74 Å². The first-order valence-electron chi connectivity index (χ1n) is 1.75. The molecule has 0 rings (SSSR count). The zero-order valence-electron chi connectivity index (χ0n) is 3.95. The van der Waals surface area contributed by atoms with Crippen molar-refractivity contribution in [1.29, 1.82) is 0 Å². The Morgan fingerprint density at radius 2 is 2.43 bits per heavy atom. The fourth-order valence-corrected chi connectivity index (χ4v) is 0.530. The minimum atomic E-state index is 0.630. The Morgan fingerprint density at radius 3 is 2.57 bits per heavy atom. The fraction of sp³-hybridized carbons (Fsp3) is 0.500. The molecule has 0 heterocycles. The van der Waals surface area contributed by atoms with E-state index >= 15 is 0 Å². The first kappa shape index (κ1) is 7.66. The zero-order valence-corrected chi connectivity index (χ0v) is 7.12. The Bertz CT molecular complexity index is 70.1. The summed E-state index contributed by atoms with van der Waals surface area (Å²) in [7, 11) is 1.65. The second-order valence-electron chi connectivity index (χ2n) is 0.989. The van der Waals surface area contributed by atoms with Gasteiger partial charge in [-0.25, -0.2) is 0 Å². The number of ether oxygens (including phenoxy) is 1. The molecule has 1 nitrogen and oxygen atoms in total. The van der Waals surface area contributed by atoms with Gasteiger partial charge in [0.25, 0.3) is 0 Å². The third kappa shape index (κ3) is 4.51. The van der Waals surface area contributed by atoms with Gasteiger partial charge in [-0.1, -0.05) is 31.9 Å². The van der Waals surface area contributed by atoms with Crippen LogP contribution in [-0.4, -0.2) is 13.7 Å². The lowest BCUT2D eigenvalue weighted by atomic mass is 10.7. The molecule has 3 heteroatoms. The molecule has 0 aliphatic rings. The predicted octanol–water partition coefficient (Wildman–Crippen LogP) is 2.26. The van der Waals surface area contributed by atoms with Crippen molar-refractivity contribution in [2.75, 3.05) is 13.7 Å². The summed E-state index contributed by atoms with van der Waals surface area (Å²) in [6, 6.07) is 0. The van der Waals surface area contributed by atoms with E-state index < -0.39 is 0 Å². The normalized spacial score (nSPS) is 12.1. The summed E-state index contributed by atoms with van der Waals surface area (Å²) >= 11 is 6.35. The average molecular weight is 230 g/mol. The van der Waals surface area contributed by atoms with E-state index in [1.54, 1.807) is 12.1 Å². The van der Waals surface area contributed by atoms with E-state index in [1.165, 1.54) is 0 Å². The van der Waals surface area contributed by atoms with E-state index in [9.17, 15) is 0 Å². The third-order valence-electron chi connectivity index (χ3n) is 0.401. The molecule has 0 aromatic rings. The number of halogens is 2. The molecule has 0 aliphatic carbocycles. The first-order valence-corrected chi connectivity index (χ1v) is 3.46. The van der Waals surface area contributed by atoms with Gasteiger partial charge in [0.15, 0.2) is 0 Å². The SMILES string of the molecule is COC/C(Br)=C\Br. The molecule has 0 atom stereocenters. The summed E-state index contributed by atoms with van der Waals surface area (Å²) in [6.45, 7) is 0.630. The van der Waals surface area contributed by atoms with E-state index in [0.717, 1.165) is 4.48 Å². The lowest BCUT2D eigenvalue weighted by Gasteiger charge is -1.90. The topological polar surface area (TPSA) is 9.23 Å². The highest BCUT2D eigenvalue weighted by molar-refractivity contribution is 9.14. The molecule has 0 aliphatic heterocycles. The summed E-state index contributed by atoms with van der Waals surface area (Å²) in [4.78, 5) is 1.77. The molecule has 7 heavy (non-hydrogen) atoms. The van der Waals surface area contributed by atoms with Crippen molar-refractivity contribution >= 4 is 31.9 Å². The predicted molar refractivity (Wildman–Crippen MR) is 37.8 cm³/mol. The van der Waals surface area contributed by atoms with Gasteiger partial charge in [0.2, 0.25) is 0 Å². The van der Waals surface area contributed by atoms with Gasteiger partial charge in [-0.3, -0.25) is 0 Å². The van der Waals surface area contributed by atoms with Crippen LogP contribution in [0, 0.1) is 0 Å². The van der Waals surface area contributed by atoms with Crippen LogP contribution in [0.15, 0.2) is 9.47 Å². The Labute approximate surface area is 60.0 Å². The second-order valence-corrected chi connectivity index (χ2v) is 2.47. The van der Waals surface area contributed by atoms with Gasteiger partial charge in [0, 0.05) is 11.6 Å². The molecule has 0 aromatic carbocycles. The summed E-state index contributed by atoms with van der Waals surface area (Å²) in [5, 5.41) is 0. The van der Waals surface area contributed by atoms with Crippen molar-refractivity contribution in [2.24, 2.45) is 0 Å². The number of hydrogen-bond donors (Lipinski definition) is 0. The molecule has 0 saturated heterocycles. The van der Waals surface area contributed by atoms with E-state index in [1.807, 2.05) is 0 Å². The van der Waals surface area contributed by atoms with E-state index in [2.05, 4.69) is 31.9 Å². The van der Waals surface area contributed by atoms with Crippen molar-refractivity contribution < 1.29 is 4.74 Å². The largest absolute Gasteiger partial charge is 0.379 e. The van der Waals surface area contributed by atoms with Crippen molar-refractivity contribution in [2.45, 2.75) is 0 Å². The molecule has 0 fully saturated rings. The Kier molecular flexibility index (Phi) is 5.26. The van der Waals surface area contributed by atoms with Gasteiger partial charge in [-0.15, -0.1) is 0 Å². The molecular weight excluding hydrogens is 224 g/mol. The van der Waals surface area contributed by atoms with Crippen molar-refractivity contribution in [3.8, 4) is 0 Å². The Morgan fingerprint density at radius 1 is 1.86 bits per heavy atom. The lowest BCUT2D eigenvalue weighted by Crippen LogP contribution is -1.83. The molecular formula is C4H6Br2O. The van der Waals surface area contributed by atoms with Crippen LogP contribution in [0.1, 0.15) is 0 Å². The van der Waals surface area contributed by atoms with E-state index in [-0.39, 0.29) is 0 Å². The number of hydrogen-bond acceptors (Lipinski definition) is 1. The van der Waals surface area contributed by atoms with Crippen LogP contribution in [0.2, 0.25) is 0 Å². The molecule has 0 saturated carbocycles. The van der Waals surface area contributed by atoms with Crippen LogP contribution in [0.4, 0.5) is 0 Å². The highest BCUT2D eigenvalue weighted by atomic mass is 79.9. The molecule has 42 valence electrons. The first-order chi connectivity index (χ1) is 3.31. The minimum absolute atomic E-state index is 0.630. The summed E-state index contributed by atoms with van der Waals surface area (Å²) in [5.41, 5.74) is 0. The third-order valence-corrected chi connectivity index (χ3v) is 2.03. The van der Waals surface area contributed by atoms with Gasteiger partial charge in [0.05, 0.1) is 6.61 Å². The van der Waals surface area contributed by atoms with Gasteiger partial charge in [-0.05, 0) is 4.99 Å².